The predicted octanol–water partition coefficient (Wildman–Crippen LogP) is 2.64. The summed E-state index contributed by atoms with van der Waals surface area (Å²) in [6.07, 6.45) is 0. The second kappa shape index (κ2) is 3.27. The van der Waals surface area contributed by atoms with Crippen molar-refractivity contribution in [2.24, 2.45) is 5.41 Å². The van der Waals surface area contributed by atoms with E-state index in [1.807, 2.05) is 18.2 Å². The third kappa shape index (κ3) is 1.37. The first kappa shape index (κ1) is 10.6. The number of benzene rings is 1. The summed E-state index contributed by atoms with van der Waals surface area (Å²) in [5.74, 6) is -3.23. The number of halogens is 2. The normalized spacial score (nSPS) is 32.7. The quantitative estimate of drug-likeness (QED) is 0.810. The maximum atomic E-state index is 13.7. The maximum absolute atomic E-state index is 13.7. The molecule has 0 unspecified atom stereocenters. The Kier molecular flexibility index (Phi) is 2.30. The lowest BCUT2D eigenvalue weighted by Crippen LogP contribution is -2.22. The first-order valence-electron chi connectivity index (χ1n) is 5.11. The van der Waals surface area contributed by atoms with Crippen LogP contribution in [-0.2, 0) is 0 Å². The van der Waals surface area contributed by atoms with Gasteiger partial charge in [0.25, 0.3) is 5.92 Å². The van der Waals surface area contributed by atoms with Gasteiger partial charge in [-0.15, -0.1) is 0 Å². The average molecular weight is 211 g/mol. The fourth-order valence-electron chi connectivity index (χ4n) is 2.39. The van der Waals surface area contributed by atoms with Crippen LogP contribution < -0.4 is 5.32 Å². The van der Waals surface area contributed by atoms with Crippen LogP contribution in [0.5, 0.6) is 0 Å². The van der Waals surface area contributed by atoms with E-state index in [1.54, 1.807) is 26.1 Å². The molecule has 2 atom stereocenters. The number of hydrogen-bond donors (Lipinski definition) is 1. The topological polar surface area (TPSA) is 12.0 Å². The summed E-state index contributed by atoms with van der Waals surface area (Å²) in [5.41, 5.74) is -0.191. The van der Waals surface area contributed by atoms with Crippen molar-refractivity contribution in [2.75, 3.05) is 13.6 Å². The van der Waals surface area contributed by atoms with Crippen molar-refractivity contribution in [3.8, 4) is 0 Å². The summed E-state index contributed by atoms with van der Waals surface area (Å²) in [4.78, 5) is 0. The Morgan fingerprint density at radius 2 is 1.87 bits per heavy atom. The summed E-state index contributed by atoms with van der Waals surface area (Å²) in [7, 11) is 1.71. The number of rotatable bonds is 3. The monoisotopic (exact) mass is 211 g/mol. The molecular weight excluding hydrogens is 196 g/mol. The molecule has 3 heteroatoms. The zero-order valence-electron chi connectivity index (χ0n) is 8.93. The Balaban J connectivity index is 2.27. The van der Waals surface area contributed by atoms with Gasteiger partial charge in [0.2, 0.25) is 0 Å². The zero-order chi connectivity index (χ0) is 11.1. The van der Waals surface area contributed by atoms with Gasteiger partial charge in [-0.2, -0.15) is 0 Å². The molecule has 1 aromatic rings. The van der Waals surface area contributed by atoms with Crippen LogP contribution in [0.4, 0.5) is 8.78 Å². The lowest BCUT2D eigenvalue weighted by Gasteiger charge is -2.08. The minimum Gasteiger partial charge on any atom is -0.319 e. The van der Waals surface area contributed by atoms with E-state index in [4.69, 9.17) is 0 Å². The van der Waals surface area contributed by atoms with Crippen molar-refractivity contribution >= 4 is 0 Å². The van der Waals surface area contributed by atoms with Crippen LogP contribution in [0.3, 0.4) is 0 Å². The van der Waals surface area contributed by atoms with Crippen LogP contribution in [0, 0.1) is 5.41 Å². The van der Waals surface area contributed by atoms with Gasteiger partial charge in [0.1, 0.15) is 0 Å². The van der Waals surface area contributed by atoms with E-state index in [9.17, 15) is 8.78 Å². The van der Waals surface area contributed by atoms with Crippen LogP contribution in [0.1, 0.15) is 18.4 Å². The molecular formula is C12H15F2N. The highest BCUT2D eigenvalue weighted by atomic mass is 19.3. The van der Waals surface area contributed by atoms with Gasteiger partial charge in [-0.25, -0.2) is 8.78 Å². The van der Waals surface area contributed by atoms with Gasteiger partial charge in [-0.05, 0) is 12.6 Å². The molecule has 0 spiro atoms. The minimum atomic E-state index is -2.59. The summed E-state index contributed by atoms with van der Waals surface area (Å²) in [6.45, 7) is 1.99. The third-order valence-corrected chi connectivity index (χ3v) is 3.35. The summed E-state index contributed by atoms with van der Waals surface area (Å²) in [5, 5.41) is 2.85. The fraction of sp³-hybridized carbons (Fsp3) is 0.500. The Bertz CT molecular complexity index is 350. The molecule has 0 radical (unpaired) electrons. The Labute approximate surface area is 88.5 Å². The number of nitrogens with one attached hydrogen (secondary N) is 1. The van der Waals surface area contributed by atoms with Gasteiger partial charge >= 0.3 is 0 Å². The van der Waals surface area contributed by atoms with E-state index < -0.39 is 17.3 Å². The Morgan fingerprint density at radius 1 is 1.27 bits per heavy atom. The van der Waals surface area contributed by atoms with Crippen molar-refractivity contribution in [2.45, 2.75) is 18.8 Å². The van der Waals surface area contributed by atoms with Crippen molar-refractivity contribution < 1.29 is 8.78 Å². The van der Waals surface area contributed by atoms with E-state index in [2.05, 4.69) is 5.32 Å². The van der Waals surface area contributed by atoms with Gasteiger partial charge in [0.05, 0.1) is 11.3 Å². The number of alkyl halides is 2. The molecule has 1 aliphatic rings. The lowest BCUT2D eigenvalue weighted by atomic mass is 10.0. The molecule has 1 aromatic carbocycles. The summed E-state index contributed by atoms with van der Waals surface area (Å²) >= 11 is 0. The zero-order valence-corrected chi connectivity index (χ0v) is 8.93. The van der Waals surface area contributed by atoms with Crippen LogP contribution in [-0.4, -0.2) is 19.5 Å². The highest BCUT2D eigenvalue weighted by molar-refractivity contribution is 5.37. The van der Waals surface area contributed by atoms with Crippen molar-refractivity contribution in [3.05, 3.63) is 35.9 Å². The largest absolute Gasteiger partial charge is 0.319 e. The second-order valence-corrected chi connectivity index (χ2v) is 4.41. The van der Waals surface area contributed by atoms with E-state index in [0.717, 1.165) is 5.56 Å². The second-order valence-electron chi connectivity index (χ2n) is 4.41. The lowest BCUT2D eigenvalue weighted by molar-refractivity contribution is 0.0675. The smallest absolute Gasteiger partial charge is 0.262 e. The highest BCUT2D eigenvalue weighted by Gasteiger charge is 2.77. The van der Waals surface area contributed by atoms with E-state index in [1.165, 1.54) is 0 Å². The molecule has 0 aromatic heterocycles. The molecule has 15 heavy (non-hydrogen) atoms. The molecule has 0 aliphatic heterocycles. The first-order chi connectivity index (χ1) is 7.04. The Hall–Kier alpha value is -0.960. The molecule has 1 N–H and O–H groups in total. The average Bonchev–Trinajstić information content (AvgIpc) is 2.62. The molecule has 2 rings (SSSR count). The third-order valence-electron chi connectivity index (χ3n) is 3.35. The fourth-order valence-corrected chi connectivity index (χ4v) is 2.39. The van der Waals surface area contributed by atoms with Crippen molar-refractivity contribution in [1.82, 2.24) is 5.32 Å². The van der Waals surface area contributed by atoms with Gasteiger partial charge in [0.15, 0.2) is 0 Å². The van der Waals surface area contributed by atoms with Gasteiger partial charge in [-0.1, -0.05) is 37.3 Å². The summed E-state index contributed by atoms with van der Waals surface area (Å²) in [6, 6.07) is 9.02. The van der Waals surface area contributed by atoms with Gasteiger partial charge in [-0.3, -0.25) is 0 Å². The highest BCUT2D eigenvalue weighted by Crippen LogP contribution is 2.70. The first-order valence-corrected chi connectivity index (χ1v) is 5.11. The molecule has 0 amide bonds. The molecule has 0 heterocycles. The Morgan fingerprint density at radius 3 is 2.40 bits per heavy atom. The maximum Gasteiger partial charge on any atom is 0.262 e. The molecule has 1 nitrogen and oxygen atoms in total. The van der Waals surface area contributed by atoms with E-state index >= 15 is 0 Å². The molecule has 0 saturated heterocycles. The van der Waals surface area contributed by atoms with E-state index in [-0.39, 0.29) is 0 Å². The van der Waals surface area contributed by atoms with Crippen LogP contribution in [0.15, 0.2) is 30.3 Å². The number of hydrogen-bond acceptors (Lipinski definition) is 1. The van der Waals surface area contributed by atoms with Crippen LogP contribution in [0.25, 0.3) is 0 Å². The molecule has 0 bridgehead atoms. The molecule has 1 aliphatic carbocycles. The van der Waals surface area contributed by atoms with Crippen LogP contribution >= 0.6 is 0 Å². The van der Waals surface area contributed by atoms with Gasteiger partial charge in [0, 0.05) is 6.54 Å². The molecule has 1 saturated carbocycles. The standard InChI is InChI=1S/C12H15F2N/c1-11(8-15-2)10(12(11,13)14)9-6-4-3-5-7-9/h3-7,10,15H,8H2,1-2H3/t10-,11-/m0/s1. The van der Waals surface area contributed by atoms with Gasteiger partial charge < -0.3 is 5.32 Å². The van der Waals surface area contributed by atoms with Crippen molar-refractivity contribution in [1.29, 1.82) is 0 Å². The van der Waals surface area contributed by atoms with E-state index in [0.29, 0.717) is 6.54 Å². The molecule has 82 valence electrons. The predicted molar refractivity (Wildman–Crippen MR) is 56.2 cm³/mol. The minimum absolute atomic E-state index is 0.347. The summed E-state index contributed by atoms with van der Waals surface area (Å²) < 4.78 is 27.4. The van der Waals surface area contributed by atoms with Crippen molar-refractivity contribution in [3.63, 3.8) is 0 Å². The molecule has 1 fully saturated rings. The van der Waals surface area contributed by atoms with Crippen LogP contribution in [0.2, 0.25) is 0 Å². The SMILES string of the molecule is CNC[C@@]1(C)[C@H](c2ccccc2)C1(F)F.